The Morgan fingerprint density at radius 2 is 2.46 bits per heavy atom. The van der Waals surface area contributed by atoms with Crippen molar-refractivity contribution in [2.75, 3.05) is 6.54 Å². The number of aliphatic carboxylic acids is 1. The molecular formula is C9H16N2O2. The lowest BCUT2D eigenvalue weighted by Gasteiger charge is -2.17. The van der Waals surface area contributed by atoms with Gasteiger partial charge in [0.25, 0.3) is 0 Å². The summed E-state index contributed by atoms with van der Waals surface area (Å²) < 4.78 is 0. The fraction of sp³-hybridized carbons (Fsp3) is 0.778. The van der Waals surface area contributed by atoms with Crippen molar-refractivity contribution in [2.24, 2.45) is 4.99 Å². The van der Waals surface area contributed by atoms with Crippen LogP contribution in [0.5, 0.6) is 0 Å². The van der Waals surface area contributed by atoms with Crippen LogP contribution in [-0.4, -0.2) is 29.5 Å². The third-order valence-corrected chi connectivity index (χ3v) is 2.02. The first-order valence-corrected chi connectivity index (χ1v) is 4.70. The van der Waals surface area contributed by atoms with Crippen molar-refractivity contribution in [3.63, 3.8) is 0 Å². The number of rotatable bonds is 3. The van der Waals surface area contributed by atoms with Gasteiger partial charge in [-0.1, -0.05) is 0 Å². The minimum atomic E-state index is -0.767. The summed E-state index contributed by atoms with van der Waals surface area (Å²) in [4.78, 5) is 14.7. The molecular weight excluding hydrogens is 168 g/mol. The SMILES string of the molecule is CC(CC(=O)O)NC1=NCCCC1. The van der Waals surface area contributed by atoms with Gasteiger partial charge >= 0.3 is 5.97 Å². The molecule has 0 amide bonds. The number of carboxylic acid groups (broad SMARTS) is 1. The fourth-order valence-corrected chi connectivity index (χ4v) is 1.41. The number of hydrogen-bond donors (Lipinski definition) is 2. The van der Waals surface area contributed by atoms with Crippen LogP contribution in [0.25, 0.3) is 0 Å². The largest absolute Gasteiger partial charge is 0.481 e. The van der Waals surface area contributed by atoms with Gasteiger partial charge in [0.15, 0.2) is 0 Å². The molecule has 1 rings (SSSR count). The van der Waals surface area contributed by atoms with E-state index >= 15 is 0 Å². The molecule has 0 aromatic carbocycles. The predicted octanol–water partition coefficient (Wildman–Crippen LogP) is 1.02. The molecule has 1 aliphatic rings. The van der Waals surface area contributed by atoms with Gasteiger partial charge in [-0.15, -0.1) is 0 Å². The Kier molecular flexibility index (Phi) is 3.73. The molecule has 13 heavy (non-hydrogen) atoms. The number of hydrogen-bond acceptors (Lipinski definition) is 3. The Bertz CT molecular complexity index is 214. The van der Waals surface area contributed by atoms with Gasteiger partial charge < -0.3 is 10.4 Å². The van der Waals surface area contributed by atoms with Crippen LogP contribution in [0.1, 0.15) is 32.6 Å². The van der Waals surface area contributed by atoms with Gasteiger partial charge in [0.2, 0.25) is 0 Å². The molecule has 1 atom stereocenters. The monoisotopic (exact) mass is 184 g/mol. The van der Waals surface area contributed by atoms with E-state index in [4.69, 9.17) is 5.11 Å². The number of amidine groups is 1. The van der Waals surface area contributed by atoms with Crippen molar-refractivity contribution in [1.29, 1.82) is 0 Å². The molecule has 0 saturated heterocycles. The van der Waals surface area contributed by atoms with Crippen molar-refractivity contribution in [3.05, 3.63) is 0 Å². The summed E-state index contributed by atoms with van der Waals surface area (Å²) in [6.07, 6.45) is 3.42. The average Bonchev–Trinajstić information content (AvgIpc) is 2.04. The minimum absolute atomic E-state index is 0.0191. The molecule has 0 aromatic rings. The van der Waals surface area contributed by atoms with Crippen molar-refractivity contribution < 1.29 is 9.90 Å². The van der Waals surface area contributed by atoms with E-state index in [9.17, 15) is 4.79 Å². The van der Waals surface area contributed by atoms with Crippen LogP contribution in [0.3, 0.4) is 0 Å². The molecule has 0 radical (unpaired) electrons. The van der Waals surface area contributed by atoms with Crippen LogP contribution in [0.15, 0.2) is 4.99 Å². The van der Waals surface area contributed by atoms with E-state index in [1.165, 1.54) is 0 Å². The van der Waals surface area contributed by atoms with E-state index in [1.54, 1.807) is 0 Å². The van der Waals surface area contributed by atoms with Gasteiger partial charge in [0.1, 0.15) is 0 Å². The first-order chi connectivity index (χ1) is 6.18. The summed E-state index contributed by atoms with van der Waals surface area (Å²) in [5.74, 6) is 0.205. The minimum Gasteiger partial charge on any atom is -0.481 e. The lowest BCUT2D eigenvalue weighted by Crippen LogP contribution is -2.35. The third-order valence-electron chi connectivity index (χ3n) is 2.02. The standard InChI is InChI=1S/C9H16N2O2/c1-7(6-9(12)13)11-8-4-2-3-5-10-8/h7H,2-6H2,1H3,(H,10,11)(H,12,13). The maximum atomic E-state index is 10.4. The van der Waals surface area contributed by atoms with E-state index < -0.39 is 5.97 Å². The van der Waals surface area contributed by atoms with Crippen LogP contribution in [0.2, 0.25) is 0 Å². The fourth-order valence-electron chi connectivity index (χ4n) is 1.41. The molecule has 0 aliphatic carbocycles. The highest BCUT2D eigenvalue weighted by Gasteiger charge is 2.10. The zero-order valence-electron chi connectivity index (χ0n) is 7.92. The quantitative estimate of drug-likeness (QED) is 0.688. The molecule has 74 valence electrons. The van der Waals surface area contributed by atoms with E-state index in [0.29, 0.717) is 0 Å². The number of carboxylic acids is 1. The topological polar surface area (TPSA) is 61.7 Å². The van der Waals surface area contributed by atoms with Crippen LogP contribution in [0, 0.1) is 0 Å². The smallest absolute Gasteiger partial charge is 0.305 e. The third kappa shape index (κ3) is 3.92. The summed E-state index contributed by atoms with van der Waals surface area (Å²) in [5, 5.41) is 11.7. The summed E-state index contributed by atoms with van der Waals surface area (Å²) >= 11 is 0. The first-order valence-electron chi connectivity index (χ1n) is 4.70. The lowest BCUT2D eigenvalue weighted by molar-refractivity contribution is -0.137. The first kappa shape index (κ1) is 10.0. The van der Waals surface area contributed by atoms with Crippen molar-refractivity contribution >= 4 is 11.8 Å². The molecule has 1 heterocycles. The summed E-state index contributed by atoms with van der Waals surface area (Å²) in [7, 11) is 0. The van der Waals surface area contributed by atoms with Crippen molar-refractivity contribution in [2.45, 2.75) is 38.6 Å². The highest BCUT2D eigenvalue weighted by Crippen LogP contribution is 2.05. The normalized spacial score (nSPS) is 19.0. The second-order valence-corrected chi connectivity index (χ2v) is 3.43. The van der Waals surface area contributed by atoms with Crippen LogP contribution < -0.4 is 5.32 Å². The summed E-state index contributed by atoms with van der Waals surface area (Å²) in [6.45, 7) is 2.74. The number of nitrogens with zero attached hydrogens (tertiary/aromatic N) is 1. The average molecular weight is 184 g/mol. The van der Waals surface area contributed by atoms with E-state index in [2.05, 4.69) is 10.3 Å². The highest BCUT2D eigenvalue weighted by atomic mass is 16.4. The zero-order chi connectivity index (χ0) is 9.68. The van der Waals surface area contributed by atoms with Gasteiger partial charge in [0.05, 0.1) is 12.3 Å². The molecule has 0 bridgehead atoms. The van der Waals surface area contributed by atoms with E-state index in [-0.39, 0.29) is 12.5 Å². The van der Waals surface area contributed by atoms with Gasteiger partial charge in [0, 0.05) is 19.0 Å². The van der Waals surface area contributed by atoms with Gasteiger partial charge in [-0.25, -0.2) is 0 Å². The second-order valence-electron chi connectivity index (χ2n) is 3.43. The maximum absolute atomic E-state index is 10.4. The zero-order valence-corrected chi connectivity index (χ0v) is 7.92. The molecule has 0 spiro atoms. The highest BCUT2D eigenvalue weighted by molar-refractivity contribution is 5.83. The molecule has 0 fully saturated rings. The van der Waals surface area contributed by atoms with Crippen molar-refractivity contribution in [3.8, 4) is 0 Å². The Morgan fingerprint density at radius 1 is 1.69 bits per heavy atom. The lowest BCUT2D eigenvalue weighted by atomic mass is 10.1. The van der Waals surface area contributed by atoms with Gasteiger partial charge in [-0.05, 0) is 19.8 Å². The molecule has 1 unspecified atom stereocenters. The predicted molar refractivity (Wildman–Crippen MR) is 51.0 cm³/mol. The van der Waals surface area contributed by atoms with Gasteiger partial charge in [-0.2, -0.15) is 0 Å². The molecule has 0 aromatic heterocycles. The molecule has 0 saturated carbocycles. The van der Waals surface area contributed by atoms with Crippen molar-refractivity contribution in [1.82, 2.24) is 5.32 Å². The molecule has 1 aliphatic heterocycles. The Labute approximate surface area is 78.1 Å². The van der Waals surface area contributed by atoms with Gasteiger partial charge in [-0.3, -0.25) is 9.79 Å². The van der Waals surface area contributed by atoms with E-state index in [1.807, 2.05) is 6.92 Å². The summed E-state index contributed by atoms with van der Waals surface area (Å²) in [5.41, 5.74) is 0. The Morgan fingerprint density at radius 3 is 3.00 bits per heavy atom. The van der Waals surface area contributed by atoms with Crippen LogP contribution in [-0.2, 0) is 4.79 Å². The number of nitrogens with one attached hydrogen (secondary N) is 1. The summed E-state index contributed by atoms with van der Waals surface area (Å²) in [6, 6.07) is -0.0191. The van der Waals surface area contributed by atoms with E-state index in [0.717, 1.165) is 31.6 Å². The molecule has 4 heteroatoms. The maximum Gasteiger partial charge on any atom is 0.305 e. The Hall–Kier alpha value is -1.06. The number of carbonyl (C=O) groups is 1. The molecule has 2 N–H and O–H groups in total. The Balaban J connectivity index is 2.30. The molecule has 4 nitrogen and oxygen atoms in total. The second kappa shape index (κ2) is 4.84. The van der Waals surface area contributed by atoms with Crippen LogP contribution in [0.4, 0.5) is 0 Å². The van der Waals surface area contributed by atoms with Crippen LogP contribution >= 0.6 is 0 Å². The number of aliphatic imine (C=N–C) groups is 1.